The lowest BCUT2D eigenvalue weighted by Crippen LogP contribution is -2.43. The number of phenols is 1. The predicted molar refractivity (Wildman–Crippen MR) is 119 cm³/mol. The Hall–Kier alpha value is -1.64. The van der Waals surface area contributed by atoms with Crippen LogP contribution in [0.3, 0.4) is 0 Å². The number of phenolic OH excluding ortho intramolecular Hbond substituents is 1. The van der Waals surface area contributed by atoms with Crippen molar-refractivity contribution in [2.45, 2.75) is 11.7 Å². The third-order valence-corrected chi connectivity index (χ3v) is 6.17. The van der Waals surface area contributed by atoms with Gasteiger partial charge >= 0.3 is 0 Å². The SMILES string of the molecule is CN1C(=O)CC(C(=O)Nc2cc(Cl)cc(Cl)c2)SC1=Nc1cc(Cl)c(O)c(Cl)c1. The van der Waals surface area contributed by atoms with Crippen LogP contribution in [-0.2, 0) is 9.59 Å². The second-order valence-corrected chi connectivity index (χ2v) is 8.92. The van der Waals surface area contributed by atoms with E-state index in [2.05, 4.69) is 10.3 Å². The second kappa shape index (κ2) is 9.02. The van der Waals surface area contributed by atoms with Crippen molar-refractivity contribution in [2.75, 3.05) is 12.4 Å². The van der Waals surface area contributed by atoms with E-state index in [9.17, 15) is 14.7 Å². The predicted octanol–water partition coefficient (Wildman–Crippen LogP) is 5.60. The van der Waals surface area contributed by atoms with Crippen molar-refractivity contribution in [1.82, 2.24) is 4.90 Å². The number of halogens is 4. The Labute approximate surface area is 190 Å². The first-order valence-electron chi connectivity index (χ1n) is 8.11. The average Bonchev–Trinajstić information content (AvgIpc) is 2.62. The van der Waals surface area contributed by atoms with Gasteiger partial charge in [-0.3, -0.25) is 14.5 Å². The maximum absolute atomic E-state index is 12.7. The number of amidine groups is 1. The summed E-state index contributed by atoms with van der Waals surface area (Å²) in [5, 5.41) is 12.8. The number of hydrogen-bond donors (Lipinski definition) is 2. The van der Waals surface area contributed by atoms with E-state index in [-0.39, 0.29) is 34.0 Å². The minimum absolute atomic E-state index is 0.00257. The molecule has 2 aromatic rings. The number of nitrogens with one attached hydrogen (secondary N) is 1. The molecule has 11 heteroatoms. The quantitative estimate of drug-likeness (QED) is 0.584. The summed E-state index contributed by atoms with van der Waals surface area (Å²) in [5.41, 5.74) is 0.762. The highest BCUT2D eigenvalue weighted by Gasteiger charge is 2.34. The van der Waals surface area contributed by atoms with Crippen LogP contribution in [-0.4, -0.2) is 39.3 Å². The zero-order valence-electron chi connectivity index (χ0n) is 14.7. The Morgan fingerprint density at radius 2 is 1.72 bits per heavy atom. The molecule has 0 spiro atoms. The first-order chi connectivity index (χ1) is 13.6. The van der Waals surface area contributed by atoms with Crippen LogP contribution in [0.15, 0.2) is 35.3 Å². The Balaban J connectivity index is 1.83. The van der Waals surface area contributed by atoms with Gasteiger partial charge in [-0.2, -0.15) is 0 Å². The standard InChI is InChI=1S/C18H13Cl4N3O3S/c1-25-15(26)7-14(17(28)23-10-3-8(19)2-9(20)4-10)29-18(25)24-11-5-12(21)16(27)13(22)6-11/h2-6,14,27H,7H2,1H3,(H,23,28). The molecule has 1 fully saturated rings. The van der Waals surface area contributed by atoms with E-state index >= 15 is 0 Å². The summed E-state index contributed by atoms with van der Waals surface area (Å²) in [4.78, 5) is 30.8. The fourth-order valence-electron chi connectivity index (χ4n) is 2.47. The number of rotatable bonds is 3. The summed E-state index contributed by atoms with van der Waals surface area (Å²) in [6, 6.07) is 7.48. The van der Waals surface area contributed by atoms with Gasteiger partial charge in [0.1, 0.15) is 5.25 Å². The van der Waals surface area contributed by atoms with Crippen LogP contribution < -0.4 is 5.32 Å². The third kappa shape index (κ3) is 5.29. The van der Waals surface area contributed by atoms with Crippen LogP contribution in [0.1, 0.15) is 6.42 Å². The fourth-order valence-corrected chi connectivity index (χ4v) is 4.54. The second-order valence-electron chi connectivity index (χ2n) is 6.06. The van der Waals surface area contributed by atoms with Crippen LogP contribution in [0.4, 0.5) is 11.4 Å². The average molecular weight is 493 g/mol. The van der Waals surface area contributed by atoms with E-state index in [1.165, 1.54) is 17.0 Å². The van der Waals surface area contributed by atoms with E-state index in [4.69, 9.17) is 46.4 Å². The number of amides is 2. The normalized spacial score (nSPS) is 18.2. The summed E-state index contributed by atoms with van der Waals surface area (Å²) in [6.07, 6.45) is -0.00257. The van der Waals surface area contributed by atoms with E-state index in [1.807, 2.05) is 0 Å². The van der Waals surface area contributed by atoms with Gasteiger partial charge in [0.2, 0.25) is 11.8 Å². The Kier molecular flexibility index (Phi) is 6.86. The summed E-state index contributed by atoms with van der Waals surface area (Å²) in [6.45, 7) is 0. The van der Waals surface area contributed by atoms with Crippen molar-refractivity contribution in [1.29, 1.82) is 0 Å². The largest absolute Gasteiger partial charge is 0.505 e. The number of nitrogens with zero attached hydrogens (tertiary/aromatic N) is 2. The van der Waals surface area contributed by atoms with E-state index in [1.54, 1.807) is 25.2 Å². The van der Waals surface area contributed by atoms with Gasteiger partial charge < -0.3 is 10.4 Å². The van der Waals surface area contributed by atoms with Crippen molar-refractivity contribution in [3.8, 4) is 5.75 Å². The van der Waals surface area contributed by atoms with E-state index < -0.39 is 5.25 Å². The summed E-state index contributed by atoms with van der Waals surface area (Å²) in [5.74, 6) is -0.914. The van der Waals surface area contributed by atoms with Gasteiger partial charge in [-0.25, -0.2) is 4.99 Å². The minimum Gasteiger partial charge on any atom is -0.505 e. The molecular formula is C18H13Cl4N3O3S. The lowest BCUT2D eigenvalue weighted by atomic mass is 10.2. The first-order valence-corrected chi connectivity index (χ1v) is 10.5. The molecule has 2 amide bonds. The molecule has 1 atom stereocenters. The molecule has 0 saturated carbocycles. The van der Waals surface area contributed by atoms with E-state index in [0.29, 0.717) is 26.6 Å². The van der Waals surface area contributed by atoms with Crippen LogP contribution in [0.2, 0.25) is 20.1 Å². The van der Waals surface area contributed by atoms with Gasteiger partial charge in [-0.15, -0.1) is 0 Å². The highest BCUT2D eigenvalue weighted by Crippen LogP contribution is 2.37. The van der Waals surface area contributed by atoms with Crippen LogP contribution in [0.25, 0.3) is 0 Å². The Morgan fingerprint density at radius 1 is 1.14 bits per heavy atom. The topological polar surface area (TPSA) is 82.0 Å². The number of carbonyl (C=O) groups is 2. The van der Waals surface area contributed by atoms with Crippen molar-refractivity contribution < 1.29 is 14.7 Å². The molecule has 1 aliphatic heterocycles. The van der Waals surface area contributed by atoms with Crippen molar-refractivity contribution in [3.05, 3.63) is 50.4 Å². The molecular weight excluding hydrogens is 480 g/mol. The number of anilines is 1. The molecule has 0 bridgehead atoms. The number of benzene rings is 2. The zero-order chi connectivity index (χ0) is 21.3. The Morgan fingerprint density at radius 3 is 2.31 bits per heavy atom. The number of aromatic hydroxyl groups is 1. The molecule has 1 unspecified atom stereocenters. The number of carbonyl (C=O) groups excluding carboxylic acids is 2. The van der Waals surface area contributed by atoms with E-state index in [0.717, 1.165) is 11.8 Å². The number of aliphatic imine (C=N–C) groups is 1. The first kappa shape index (κ1) is 22.1. The lowest BCUT2D eigenvalue weighted by molar-refractivity contribution is -0.128. The molecule has 6 nitrogen and oxygen atoms in total. The summed E-state index contributed by atoms with van der Waals surface area (Å²) in [7, 11) is 1.56. The van der Waals surface area contributed by atoms with Gasteiger partial charge in [0, 0.05) is 29.2 Å². The van der Waals surface area contributed by atoms with Crippen LogP contribution >= 0.6 is 58.2 Å². The third-order valence-electron chi connectivity index (χ3n) is 3.92. The lowest BCUT2D eigenvalue weighted by Gasteiger charge is -2.28. The molecule has 2 N–H and O–H groups in total. The molecule has 3 rings (SSSR count). The molecule has 1 aliphatic rings. The van der Waals surface area contributed by atoms with Gasteiger partial charge in [0.25, 0.3) is 0 Å². The zero-order valence-corrected chi connectivity index (χ0v) is 18.6. The smallest absolute Gasteiger partial charge is 0.238 e. The number of hydrogen-bond acceptors (Lipinski definition) is 5. The molecule has 2 aromatic carbocycles. The highest BCUT2D eigenvalue weighted by atomic mass is 35.5. The highest BCUT2D eigenvalue weighted by molar-refractivity contribution is 8.15. The minimum atomic E-state index is -0.710. The van der Waals surface area contributed by atoms with Crippen molar-refractivity contribution in [2.24, 2.45) is 4.99 Å². The van der Waals surface area contributed by atoms with Crippen LogP contribution in [0.5, 0.6) is 5.75 Å². The van der Waals surface area contributed by atoms with Crippen LogP contribution in [0, 0.1) is 0 Å². The number of thioether (sulfide) groups is 1. The monoisotopic (exact) mass is 491 g/mol. The van der Waals surface area contributed by atoms with Gasteiger partial charge in [0.15, 0.2) is 10.9 Å². The molecule has 29 heavy (non-hydrogen) atoms. The summed E-state index contributed by atoms with van der Waals surface area (Å²) < 4.78 is 0. The van der Waals surface area contributed by atoms with Gasteiger partial charge in [-0.1, -0.05) is 58.2 Å². The molecule has 1 saturated heterocycles. The molecule has 1 heterocycles. The van der Waals surface area contributed by atoms with Gasteiger partial charge in [0.05, 0.1) is 15.7 Å². The molecule has 0 radical (unpaired) electrons. The van der Waals surface area contributed by atoms with Gasteiger partial charge in [-0.05, 0) is 30.3 Å². The molecule has 0 aromatic heterocycles. The molecule has 0 aliphatic carbocycles. The molecule has 152 valence electrons. The van der Waals surface area contributed by atoms with Crippen molar-refractivity contribution in [3.63, 3.8) is 0 Å². The summed E-state index contributed by atoms with van der Waals surface area (Å²) >= 11 is 24.9. The maximum atomic E-state index is 12.7. The maximum Gasteiger partial charge on any atom is 0.238 e. The Bertz CT molecular complexity index is 988. The van der Waals surface area contributed by atoms with Crippen molar-refractivity contribution >= 4 is 86.5 Å². The fraction of sp³-hybridized carbons (Fsp3) is 0.167.